The van der Waals surface area contributed by atoms with E-state index in [0.717, 1.165) is 11.6 Å². The van der Waals surface area contributed by atoms with Crippen molar-refractivity contribution in [3.63, 3.8) is 0 Å². The maximum Gasteiger partial charge on any atom is 0.0478 e. The van der Waals surface area contributed by atoms with Crippen molar-refractivity contribution in [1.82, 2.24) is 10.3 Å². The summed E-state index contributed by atoms with van der Waals surface area (Å²) in [6.07, 6.45) is 3.61. The molecule has 0 radical (unpaired) electrons. The Balaban J connectivity index is 1.58. The lowest BCUT2D eigenvalue weighted by atomic mass is 9.91. The van der Waals surface area contributed by atoms with E-state index in [1.165, 1.54) is 47.0 Å². The molecule has 0 amide bonds. The highest BCUT2D eigenvalue weighted by Gasteiger charge is 2.23. The van der Waals surface area contributed by atoms with Crippen molar-refractivity contribution in [2.75, 3.05) is 0 Å². The largest absolute Gasteiger partial charge is 0.357 e. The van der Waals surface area contributed by atoms with Crippen molar-refractivity contribution >= 4 is 22.5 Å². The maximum absolute atomic E-state index is 5.95. The Morgan fingerprint density at radius 1 is 1.09 bits per heavy atom. The molecule has 0 bridgehead atoms. The Kier molecular flexibility index (Phi) is 3.65. The summed E-state index contributed by atoms with van der Waals surface area (Å²) in [6, 6.07) is 17.1. The molecule has 0 aliphatic heterocycles. The van der Waals surface area contributed by atoms with Crippen molar-refractivity contribution < 1.29 is 0 Å². The van der Waals surface area contributed by atoms with Gasteiger partial charge in [0.25, 0.3) is 0 Å². The first-order valence-corrected chi connectivity index (χ1v) is 8.26. The van der Waals surface area contributed by atoms with Gasteiger partial charge in [0.05, 0.1) is 0 Å². The van der Waals surface area contributed by atoms with Crippen LogP contribution in [0.3, 0.4) is 0 Å². The molecule has 4 rings (SSSR count). The van der Waals surface area contributed by atoms with Crippen LogP contribution >= 0.6 is 11.6 Å². The van der Waals surface area contributed by atoms with Gasteiger partial charge in [0.2, 0.25) is 0 Å². The predicted octanol–water partition coefficient (Wildman–Crippen LogP) is 4.99. The quantitative estimate of drug-likeness (QED) is 0.701. The fraction of sp³-hybridized carbons (Fsp3) is 0.263. The van der Waals surface area contributed by atoms with Crippen LogP contribution in [0.4, 0.5) is 0 Å². The number of aromatic amines is 1. The molecule has 3 heteroatoms. The van der Waals surface area contributed by atoms with E-state index in [1.54, 1.807) is 0 Å². The highest BCUT2D eigenvalue weighted by molar-refractivity contribution is 6.30. The van der Waals surface area contributed by atoms with Gasteiger partial charge in [0.15, 0.2) is 0 Å². The van der Waals surface area contributed by atoms with E-state index < -0.39 is 0 Å². The third kappa shape index (κ3) is 2.53. The van der Waals surface area contributed by atoms with Crippen LogP contribution in [0.2, 0.25) is 5.02 Å². The second kappa shape index (κ2) is 5.79. The summed E-state index contributed by atoms with van der Waals surface area (Å²) in [7, 11) is 0. The zero-order valence-electron chi connectivity index (χ0n) is 12.4. The zero-order chi connectivity index (χ0) is 14.9. The monoisotopic (exact) mass is 310 g/mol. The molecule has 2 nitrogen and oxygen atoms in total. The van der Waals surface area contributed by atoms with Crippen LogP contribution in [0.5, 0.6) is 0 Å². The lowest BCUT2D eigenvalue weighted by molar-refractivity contribution is 0.452. The molecule has 2 N–H and O–H groups in total. The van der Waals surface area contributed by atoms with Gasteiger partial charge in [-0.05, 0) is 48.6 Å². The van der Waals surface area contributed by atoms with Crippen LogP contribution in [0.15, 0.2) is 48.5 Å². The van der Waals surface area contributed by atoms with Gasteiger partial charge in [0.1, 0.15) is 0 Å². The van der Waals surface area contributed by atoms with Gasteiger partial charge in [-0.25, -0.2) is 0 Å². The summed E-state index contributed by atoms with van der Waals surface area (Å²) in [6.45, 7) is 0.872. The number of H-pyrrole nitrogens is 1. The second-order valence-corrected chi connectivity index (χ2v) is 6.45. The average molecular weight is 311 g/mol. The minimum absolute atomic E-state index is 0.409. The predicted molar refractivity (Wildman–Crippen MR) is 92.3 cm³/mol. The van der Waals surface area contributed by atoms with E-state index in [2.05, 4.69) is 46.7 Å². The number of benzene rings is 2. The molecular formula is C19H19ClN2. The number of nitrogens with one attached hydrogen (secondary N) is 2. The normalized spacial score (nSPS) is 17.6. The number of halogens is 1. The fourth-order valence-electron chi connectivity index (χ4n) is 3.46. The topological polar surface area (TPSA) is 27.8 Å². The SMILES string of the molecule is Clc1ccc(CN[C@H]2CCCc3c2[nH]c2ccccc32)cc1. The fourth-order valence-corrected chi connectivity index (χ4v) is 3.59. The molecule has 1 heterocycles. The Hall–Kier alpha value is -1.77. The third-order valence-corrected chi connectivity index (χ3v) is 4.83. The Bertz CT molecular complexity index is 789. The molecule has 1 aromatic heterocycles. The number of aryl methyl sites for hydroxylation is 1. The van der Waals surface area contributed by atoms with Crippen LogP contribution in [-0.4, -0.2) is 4.98 Å². The number of aromatic nitrogens is 1. The Morgan fingerprint density at radius 2 is 1.91 bits per heavy atom. The van der Waals surface area contributed by atoms with Crippen LogP contribution in [0.25, 0.3) is 10.9 Å². The third-order valence-electron chi connectivity index (χ3n) is 4.58. The van der Waals surface area contributed by atoms with Gasteiger partial charge in [0, 0.05) is 34.2 Å². The highest BCUT2D eigenvalue weighted by atomic mass is 35.5. The van der Waals surface area contributed by atoms with Gasteiger partial charge in [-0.3, -0.25) is 0 Å². The summed E-state index contributed by atoms with van der Waals surface area (Å²) in [5, 5.41) is 5.88. The van der Waals surface area contributed by atoms with E-state index >= 15 is 0 Å². The van der Waals surface area contributed by atoms with Crippen LogP contribution < -0.4 is 5.32 Å². The van der Waals surface area contributed by atoms with Gasteiger partial charge in [-0.2, -0.15) is 0 Å². The first-order chi connectivity index (χ1) is 10.8. The Labute approximate surface area is 135 Å². The molecule has 0 unspecified atom stereocenters. The summed E-state index contributed by atoms with van der Waals surface area (Å²) < 4.78 is 0. The molecule has 0 fully saturated rings. The zero-order valence-corrected chi connectivity index (χ0v) is 13.2. The highest BCUT2D eigenvalue weighted by Crippen LogP contribution is 2.34. The van der Waals surface area contributed by atoms with Crippen LogP contribution in [-0.2, 0) is 13.0 Å². The molecule has 3 aromatic rings. The number of rotatable bonds is 3. The van der Waals surface area contributed by atoms with Gasteiger partial charge in [-0.1, -0.05) is 41.9 Å². The standard InChI is InChI=1S/C19H19ClN2/c20-14-10-8-13(9-11-14)12-21-18-7-3-5-16-15-4-1-2-6-17(15)22-19(16)18/h1-2,4,6,8-11,18,21-22H,3,5,7,12H2/t18-/m0/s1. The van der Waals surface area contributed by atoms with Gasteiger partial charge in [-0.15, -0.1) is 0 Å². The molecular weight excluding hydrogens is 292 g/mol. The van der Waals surface area contributed by atoms with Crippen molar-refractivity contribution in [3.05, 3.63) is 70.4 Å². The first-order valence-electron chi connectivity index (χ1n) is 7.88. The molecule has 0 saturated carbocycles. The van der Waals surface area contributed by atoms with E-state index in [1.807, 2.05) is 12.1 Å². The van der Waals surface area contributed by atoms with Crippen molar-refractivity contribution in [1.29, 1.82) is 0 Å². The smallest absolute Gasteiger partial charge is 0.0478 e. The summed E-state index contributed by atoms with van der Waals surface area (Å²) in [4.78, 5) is 3.63. The maximum atomic E-state index is 5.95. The van der Waals surface area contributed by atoms with Gasteiger partial charge >= 0.3 is 0 Å². The summed E-state index contributed by atoms with van der Waals surface area (Å²) >= 11 is 5.95. The molecule has 22 heavy (non-hydrogen) atoms. The molecule has 0 saturated heterocycles. The lowest BCUT2D eigenvalue weighted by Crippen LogP contribution is -2.24. The first kappa shape index (κ1) is 13.9. The number of para-hydroxylation sites is 1. The lowest BCUT2D eigenvalue weighted by Gasteiger charge is -2.24. The number of hydrogen-bond donors (Lipinski definition) is 2. The summed E-state index contributed by atoms with van der Waals surface area (Å²) in [5.74, 6) is 0. The van der Waals surface area contributed by atoms with E-state index in [9.17, 15) is 0 Å². The molecule has 112 valence electrons. The van der Waals surface area contributed by atoms with E-state index in [-0.39, 0.29) is 0 Å². The van der Waals surface area contributed by atoms with Crippen LogP contribution in [0.1, 0.15) is 35.7 Å². The second-order valence-electron chi connectivity index (χ2n) is 6.01. The molecule has 1 aliphatic carbocycles. The minimum atomic E-state index is 0.409. The van der Waals surface area contributed by atoms with Crippen LogP contribution in [0, 0.1) is 0 Å². The average Bonchev–Trinajstić information content (AvgIpc) is 2.94. The number of fused-ring (bicyclic) bond motifs is 3. The number of hydrogen-bond acceptors (Lipinski definition) is 1. The molecule has 1 atom stereocenters. The Morgan fingerprint density at radius 3 is 2.77 bits per heavy atom. The molecule has 2 aromatic carbocycles. The van der Waals surface area contributed by atoms with E-state index in [0.29, 0.717) is 6.04 Å². The van der Waals surface area contributed by atoms with Crippen molar-refractivity contribution in [2.45, 2.75) is 31.8 Å². The minimum Gasteiger partial charge on any atom is -0.357 e. The van der Waals surface area contributed by atoms with Gasteiger partial charge < -0.3 is 10.3 Å². The van der Waals surface area contributed by atoms with Crippen molar-refractivity contribution in [2.24, 2.45) is 0 Å². The van der Waals surface area contributed by atoms with Crippen molar-refractivity contribution in [3.8, 4) is 0 Å². The molecule has 1 aliphatic rings. The van der Waals surface area contributed by atoms with E-state index in [4.69, 9.17) is 11.6 Å². The summed E-state index contributed by atoms with van der Waals surface area (Å²) in [5.41, 5.74) is 5.40. The molecule has 0 spiro atoms.